The van der Waals surface area contributed by atoms with E-state index in [-0.39, 0.29) is 21.2 Å². The quantitative estimate of drug-likeness (QED) is 0.878. The molecular formula is C15H15ClN2O3S. The Balaban J connectivity index is 2.51. The predicted octanol–water partition coefficient (Wildman–Crippen LogP) is 2.80. The van der Waals surface area contributed by atoms with E-state index in [0.29, 0.717) is 12.0 Å². The number of hydrogen-bond acceptors (Lipinski definition) is 3. The van der Waals surface area contributed by atoms with Crippen LogP contribution in [-0.2, 0) is 16.4 Å². The molecule has 0 saturated heterocycles. The third-order valence-corrected chi connectivity index (χ3v) is 4.93. The highest BCUT2D eigenvalue weighted by Crippen LogP contribution is 2.27. The molecule has 0 aliphatic carbocycles. The number of rotatable bonds is 5. The highest BCUT2D eigenvalue weighted by Gasteiger charge is 2.21. The van der Waals surface area contributed by atoms with E-state index in [0.717, 1.165) is 0 Å². The van der Waals surface area contributed by atoms with Gasteiger partial charge in [0.15, 0.2) is 0 Å². The lowest BCUT2D eigenvalue weighted by Crippen LogP contribution is -2.20. The summed E-state index contributed by atoms with van der Waals surface area (Å²) < 4.78 is 27.5. The Hall–Kier alpha value is -2.05. The molecule has 2 aromatic carbocycles. The smallest absolute Gasteiger partial charge is 0.262 e. The van der Waals surface area contributed by atoms with Crippen molar-refractivity contribution in [2.24, 2.45) is 5.73 Å². The highest BCUT2D eigenvalue weighted by molar-refractivity contribution is 7.92. The molecule has 0 spiro atoms. The van der Waals surface area contributed by atoms with Crippen LogP contribution in [0.2, 0.25) is 5.02 Å². The average molecular weight is 339 g/mol. The maximum Gasteiger partial charge on any atom is 0.262 e. The molecule has 116 valence electrons. The molecule has 1 amide bonds. The highest BCUT2D eigenvalue weighted by atomic mass is 35.5. The lowest BCUT2D eigenvalue weighted by molar-refractivity contribution is 0.100. The Morgan fingerprint density at radius 3 is 2.50 bits per heavy atom. The molecule has 0 aliphatic rings. The van der Waals surface area contributed by atoms with Crippen molar-refractivity contribution in [1.29, 1.82) is 0 Å². The fourth-order valence-electron chi connectivity index (χ4n) is 2.12. The number of sulfonamides is 1. The molecule has 0 atom stereocenters. The van der Waals surface area contributed by atoms with Gasteiger partial charge in [0.2, 0.25) is 0 Å². The number of primary amides is 1. The van der Waals surface area contributed by atoms with Crippen LogP contribution < -0.4 is 10.5 Å². The van der Waals surface area contributed by atoms with Gasteiger partial charge in [-0.1, -0.05) is 42.8 Å². The summed E-state index contributed by atoms with van der Waals surface area (Å²) in [5.74, 6) is -0.799. The number of amides is 1. The van der Waals surface area contributed by atoms with Gasteiger partial charge in [-0.2, -0.15) is 0 Å². The summed E-state index contributed by atoms with van der Waals surface area (Å²) in [6, 6.07) is 11.1. The van der Waals surface area contributed by atoms with Crippen molar-refractivity contribution < 1.29 is 13.2 Å². The zero-order chi connectivity index (χ0) is 16.3. The van der Waals surface area contributed by atoms with Crippen molar-refractivity contribution in [3.05, 3.63) is 58.6 Å². The molecule has 0 fully saturated rings. The summed E-state index contributed by atoms with van der Waals surface area (Å²) in [5.41, 5.74) is 5.96. The maximum absolute atomic E-state index is 12.6. The van der Waals surface area contributed by atoms with Crippen LogP contribution in [0.5, 0.6) is 0 Å². The van der Waals surface area contributed by atoms with Gasteiger partial charge in [-0.3, -0.25) is 9.52 Å². The number of nitrogens with two attached hydrogens (primary N) is 1. The molecule has 0 bridgehead atoms. The summed E-state index contributed by atoms with van der Waals surface area (Å²) in [7, 11) is -3.85. The second-order valence-electron chi connectivity index (χ2n) is 4.59. The van der Waals surface area contributed by atoms with Crippen LogP contribution >= 0.6 is 11.6 Å². The molecule has 2 rings (SSSR count). The summed E-state index contributed by atoms with van der Waals surface area (Å²) >= 11 is 5.92. The van der Waals surface area contributed by atoms with Gasteiger partial charge in [0, 0.05) is 0 Å². The van der Waals surface area contributed by atoms with Crippen molar-refractivity contribution in [2.45, 2.75) is 18.2 Å². The summed E-state index contributed by atoms with van der Waals surface area (Å²) in [6.07, 6.45) is 0.565. The Bertz CT molecular complexity index is 819. The minimum Gasteiger partial charge on any atom is -0.365 e. The van der Waals surface area contributed by atoms with Crippen molar-refractivity contribution in [2.75, 3.05) is 4.72 Å². The first kappa shape index (κ1) is 16.3. The van der Waals surface area contributed by atoms with Crippen molar-refractivity contribution in [3.8, 4) is 0 Å². The third-order valence-electron chi connectivity index (χ3n) is 3.15. The zero-order valence-electron chi connectivity index (χ0n) is 11.8. The Labute approximate surface area is 134 Å². The van der Waals surface area contributed by atoms with Crippen LogP contribution in [-0.4, -0.2) is 14.3 Å². The van der Waals surface area contributed by atoms with E-state index in [2.05, 4.69) is 4.72 Å². The molecule has 22 heavy (non-hydrogen) atoms. The van der Waals surface area contributed by atoms with Crippen LogP contribution in [0.25, 0.3) is 0 Å². The molecule has 7 heteroatoms. The molecule has 0 heterocycles. The summed E-state index contributed by atoms with van der Waals surface area (Å²) in [5, 5.41) is 0.0940. The zero-order valence-corrected chi connectivity index (χ0v) is 13.4. The molecule has 0 aromatic heterocycles. The van der Waals surface area contributed by atoms with E-state index in [9.17, 15) is 13.2 Å². The lowest BCUT2D eigenvalue weighted by Gasteiger charge is -2.14. The number of benzene rings is 2. The van der Waals surface area contributed by atoms with Crippen LogP contribution in [0, 0.1) is 0 Å². The van der Waals surface area contributed by atoms with Crippen LogP contribution in [0.3, 0.4) is 0 Å². The molecule has 0 aliphatic heterocycles. The maximum atomic E-state index is 12.6. The molecule has 3 N–H and O–H groups in total. The van der Waals surface area contributed by atoms with Crippen LogP contribution in [0.1, 0.15) is 22.8 Å². The molecule has 0 unspecified atom stereocenters. The second kappa shape index (κ2) is 6.37. The minimum atomic E-state index is -3.85. The topological polar surface area (TPSA) is 89.3 Å². The second-order valence-corrected chi connectivity index (χ2v) is 6.65. The number of carbonyl (C=O) groups excluding carboxylic acids is 1. The fourth-order valence-corrected chi connectivity index (χ4v) is 3.77. The van der Waals surface area contributed by atoms with Gasteiger partial charge in [-0.25, -0.2) is 8.42 Å². The first-order chi connectivity index (χ1) is 10.4. The van der Waals surface area contributed by atoms with E-state index in [1.54, 1.807) is 24.3 Å². The van der Waals surface area contributed by atoms with E-state index in [4.69, 9.17) is 17.3 Å². The normalized spacial score (nSPS) is 11.2. The molecule has 0 saturated carbocycles. The SMILES string of the molecule is CCc1ccccc1S(=O)(=O)Nc1cccc(Cl)c1C(N)=O. The molecule has 2 aromatic rings. The van der Waals surface area contributed by atoms with Gasteiger partial charge in [-0.15, -0.1) is 0 Å². The molecule has 0 radical (unpaired) electrons. The van der Waals surface area contributed by atoms with Gasteiger partial charge < -0.3 is 5.73 Å². The largest absolute Gasteiger partial charge is 0.365 e. The number of anilines is 1. The van der Waals surface area contributed by atoms with Gasteiger partial charge in [0.1, 0.15) is 0 Å². The Morgan fingerprint density at radius 1 is 1.18 bits per heavy atom. The number of aryl methyl sites for hydroxylation is 1. The van der Waals surface area contributed by atoms with E-state index < -0.39 is 15.9 Å². The first-order valence-corrected chi connectivity index (χ1v) is 8.42. The number of hydrogen-bond donors (Lipinski definition) is 2. The summed E-state index contributed by atoms with van der Waals surface area (Å²) in [4.78, 5) is 11.7. The van der Waals surface area contributed by atoms with Crippen molar-refractivity contribution in [3.63, 3.8) is 0 Å². The Morgan fingerprint density at radius 2 is 1.86 bits per heavy atom. The fraction of sp³-hybridized carbons (Fsp3) is 0.133. The minimum absolute atomic E-state index is 0.0540. The van der Waals surface area contributed by atoms with E-state index in [1.807, 2.05) is 6.92 Å². The molecular weight excluding hydrogens is 324 g/mol. The van der Waals surface area contributed by atoms with Gasteiger partial charge in [0.25, 0.3) is 15.9 Å². The number of nitrogens with one attached hydrogen (secondary N) is 1. The monoisotopic (exact) mass is 338 g/mol. The van der Waals surface area contributed by atoms with Gasteiger partial charge in [-0.05, 0) is 30.2 Å². The van der Waals surface area contributed by atoms with Crippen LogP contribution in [0.4, 0.5) is 5.69 Å². The van der Waals surface area contributed by atoms with Crippen molar-refractivity contribution >= 4 is 33.2 Å². The number of carbonyl (C=O) groups is 1. The predicted molar refractivity (Wildman–Crippen MR) is 86.6 cm³/mol. The van der Waals surface area contributed by atoms with Gasteiger partial charge in [0.05, 0.1) is 21.2 Å². The van der Waals surface area contributed by atoms with Crippen molar-refractivity contribution in [1.82, 2.24) is 0 Å². The number of halogens is 1. The summed E-state index contributed by atoms with van der Waals surface area (Å²) in [6.45, 7) is 1.86. The van der Waals surface area contributed by atoms with E-state index in [1.165, 1.54) is 18.2 Å². The average Bonchev–Trinajstić information content (AvgIpc) is 2.46. The Kier molecular flexibility index (Phi) is 4.73. The van der Waals surface area contributed by atoms with E-state index >= 15 is 0 Å². The third kappa shape index (κ3) is 3.23. The first-order valence-electron chi connectivity index (χ1n) is 6.56. The molecule has 5 nitrogen and oxygen atoms in total. The standard InChI is InChI=1S/C15H15ClN2O3S/c1-2-10-6-3-4-9-13(10)22(20,21)18-12-8-5-7-11(16)14(12)15(17)19/h3-9,18H,2H2,1H3,(H2,17,19). The lowest BCUT2D eigenvalue weighted by atomic mass is 10.2. The van der Waals surface area contributed by atoms with Crippen LogP contribution in [0.15, 0.2) is 47.4 Å². The van der Waals surface area contributed by atoms with Gasteiger partial charge >= 0.3 is 0 Å².